The van der Waals surface area contributed by atoms with Crippen LogP contribution in [0.1, 0.15) is 38.7 Å². The monoisotopic (exact) mass is 308 g/mol. The van der Waals surface area contributed by atoms with Crippen molar-refractivity contribution in [1.29, 1.82) is 0 Å². The molecule has 1 fully saturated rings. The summed E-state index contributed by atoms with van der Waals surface area (Å²) < 4.78 is 0. The molecule has 3 unspecified atom stereocenters. The molecule has 0 heterocycles. The van der Waals surface area contributed by atoms with Crippen LogP contribution in [0, 0.1) is 17.8 Å². The Bertz CT molecular complexity index is 429. The summed E-state index contributed by atoms with van der Waals surface area (Å²) in [6, 6.07) is 8.51. The Morgan fingerprint density at radius 3 is 2.52 bits per heavy atom. The number of benzene rings is 1. The van der Waals surface area contributed by atoms with Crippen LogP contribution in [0.3, 0.4) is 0 Å². The number of hydrogen-bond acceptors (Lipinski definition) is 2. The molecular weight excluding hydrogens is 280 g/mol. The molecule has 118 valence electrons. The Hall–Kier alpha value is -0.570. The zero-order valence-electron chi connectivity index (χ0n) is 13.6. The Kier molecular flexibility index (Phi) is 6.09. The lowest BCUT2D eigenvalue weighted by atomic mass is 9.74. The fraction of sp³-hybridized carbons (Fsp3) is 0.667. The lowest BCUT2D eigenvalue weighted by Crippen LogP contribution is -2.42. The molecule has 1 aliphatic rings. The standard InChI is InChI=1S/C18H29ClN2/c1-13(2)15-6-9-18(20)16(10-15)12-21(3)11-14-4-7-17(19)8-5-14/h4-5,7-8,13,15-16,18H,6,9-12,20H2,1-3H3. The van der Waals surface area contributed by atoms with Gasteiger partial charge in [0.2, 0.25) is 0 Å². The van der Waals surface area contributed by atoms with Crippen LogP contribution < -0.4 is 5.73 Å². The van der Waals surface area contributed by atoms with Crippen molar-refractivity contribution < 1.29 is 0 Å². The van der Waals surface area contributed by atoms with Gasteiger partial charge in [-0.1, -0.05) is 37.6 Å². The van der Waals surface area contributed by atoms with Crippen LogP contribution in [0.25, 0.3) is 0 Å². The van der Waals surface area contributed by atoms with Gasteiger partial charge in [-0.05, 0) is 61.8 Å². The minimum Gasteiger partial charge on any atom is -0.327 e. The molecule has 21 heavy (non-hydrogen) atoms. The Morgan fingerprint density at radius 2 is 1.90 bits per heavy atom. The topological polar surface area (TPSA) is 29.3 Å². The molecule has 3 heteroatoms. The van der Waals surface area contributed by atoms with Crippen molar-refractivity contribution in [3.05, 3.63) is 34.9 Å². The molecule has 0 spiro atoms. The normalized spacial score (nSPS) is 26.5. The van der Waals surface area contributed by atoms with Crippen molar-refractivity contribution in [3.63, 3.8) is 0 Å². The Labute approximate surface area is 134 Å². The molecule has 1 saturated carbocycles. The molecule has 1 aliphatic carbocycles. The third-order valence-corrected chi connectivity index (χ3v) is 5.19. The second-order valence-electron chi connectivity index (χ2n) is 7.06. The summed E-state index contributed by atoms with van der Waals surface area (Å²) in [5, 5.41) is 0.801. The Morgan fingerprint density at radius 1 is 1.24 bits per heavy atom. The largest absolute Gasteiger partial charge is 0.327 e. The van der Waals surface area contributed by atoms with Gasteiger partial charge in [0.25, 0.3) is 0 Å². The van der Waals surface area contributed by atoms with Gasteiger partial charge in [0.05, 0.1) is 0 Å². The summed E-state index contributed by atoms with van der Waals surface area (Å²) in [7, 11) is 2.19. The van der Waals surface area contributed by atoms with Crippen molar-refractivity contribution in [2.24, 2.45) is 23.5 Å². The summed E-state index contributed by atoms with van der Waals surface area (Å²) in [6.07, 6.45) is 3.77. The van der Waals surface area contributed by atoms with Gasteiger partial charge >= 0.3 is 0 Å². The van der Waals surface area contributed by atoms with Crippen LogP contribution in [0.5, 0.6) is 0 Å². The van der Waals surface area contributed by atoms with E-state index in [4.69, 9.17) is 17.3 Å². The molecule has 0 amide bonds. The molecule has 0 bridgehead atoms. The van der Waals surface area contributed by atoms with Gasteiger partial charge in [0.1, 0.15) is 0 Å². The average molecular weight is 309 g/mol. The molecule has 2 rings (SSSR count). The van der Waals surface area contributed by atoms with Gasteiger partial charge in [-0.15, -0.1) is 0 Å². The summed E-state index contributed by atoms with van der Waals surface area (Å²) >= 11 is 5.94. The van der Waals surface area contributed by atoms with E-state index in [1.807, 2.05) is 12.1 Å². The molecule has 0 radical (unpaired) electrons. The van der Waals surface area contributed by atoms with E-state index < -0.39 is 0 Å². The first kappa shape index (κ1) is 16.8. The molecule has 0 aromatic heterocycles. The third kappa shape index (κ3) is 4.98. The maximum atomic E-state index is 6.36. The highest BCUT2D eigenvalue weighted by Crippen LogP contribution is 2.33. The SMILES string of the molecule is CC(C)C1CCC(N)C(CN(C)Cc2ccc(Cl)cc2)C1. The van der Waals surface area contributed by atoms with Crippen molar-refractivity contribution in [2.45, 2.75) is 45.7 Å². The fourth-order valence-corrected chi connectivity index (χ4v) is 3.63. The first-order valence-corrected chi connectivity index (χ1v) is 8.52. The zero-order valence-corrected chi connectivity index (χ0v) is 14.3. The lowest BCUT2D eigenvalue weighted by Gasteiger charge is -2.38. The smallest absolute Gasteiger partial charge is 0.0406 e. The molecular formula is C18H29ClN2. The number of rotatable bonds is 5. The van der Waals surface area contributed by atoms with E-state index >= 15 is 0 Å². The number of hydrogen-bond donors (Lipinski definition) is 1. The highest BCUT2D eigenvalue weighted by Gasteiger charge is 2.30. The van der Waals surface area contributed by atoms with Crippen molar-refractivity contribution in [1.82, 2.24) is 4.90 Å². The molecule has 3 atom stereocenters. The number of halogens is 1. The minimum atomic E-state index is 0.368. The average Bonchev–Trinajstić information content (AvgIpc) is 2.43. The van der Waals surface area contributed by atoms with Crippen molar-refractivity contribution in [3.8, 4) is 0 Å². The maximum Gasteiger partial charge on any atom is 0.0406 e. The first-order chi connectivity index (χ1) is 9.95. The zero-order chi connectivity index (χ0) is 15.4. The van der Waals surface area contributed by atoms with Crippen LogP contribution in [0.2, 0.25) is 5.02 Å². The van der Waals surface area contributed by atoms with E-state index in [1.165, 1.54) is 24.8 Å². The van der Waals surface area contributed by atoms with E-state index in [0.717, 1.165) is 29.9 Å². The van der Waals surface area contributed by atoms with Gasteiger partial charge in [-0.25, -0.2) is 0 Å². The summed E-state index contributed by atoms with van der Waals surface area (Å²) in [5.74, 6) is 2.25. The molecule has 2 nitrogen and oxygen atoms in total. The van der Waals surface area contributed by atoms with E-state index in [2.05, 4.69) is 37.9 Å². The van der Waals surface area contributed by atoms with Crippen LogP contribution in [-0.2, 0) is 6.54 Å². The van der Waals surface area contributed by atoms with Crippen molar-refractivity contribution >= 4 is 11.6 Å². The Balaban J connectivity index is 1.88. The number of nitrogens with two attached hydrogens (primary N) is 1. The molecule has 1 aromatic carbocycles. The third-order valence-electron chi connectivity index (χ3n) is 4.94. The molecule has 0 aliphatic heterocycles. The molecule has 2 N–H and O–H groups in total. The maximum absolute atomic E-state index is 6.36. The summed E-state index contributed by atoms with van der Waals surface area (Å²) in [5.41, 5.74) is 7.67. The second-order valence-corrected chi connectivity index (χ2v) is 7.50. The molecule has 0 saturated heterocycles. The first-order valence-electron chi connectivity index (χ1n) is 8.14. The highest BCUT2D eigenvalue weighted by molar-refractivity contribution is 6.30. The van der Waals surface area contributed by atoms with E-state index in [1.54, 1.807) is 0 Å². The van der Waals surface area contributed by atoms with Crippen LogP contribution in [0.4, 0.5) is 0 Å². The van der Waals surface area contributed by atoms with Gasteiger partial charge in [-0.2, -0.15) is 0 Å². The predicted molar refractivity (Wildman–Crippen MR) is 91.4 cm³/mol. The van der Waals surface area contributed by atoms with E-state index in [9.17, 15) is 0 Å². The quantitative estimate of drug-likeness (QED) is 0.884. The van der Waals surface area contributed by atoms with E-state index in [-0.39, 0.29) is 0 Å². The fourth-order valence-electron chi connectivity index (χ4n) is 3.51. The van der Waals surface area contributed by atoms with Crippen molar-refractivity contribution in [2.75, 3.05) is 13.6 Å². The van der Waals surface area contributed by atoms with Crippen LogP contribution in [-0.4, -0.2) is 24.5 Å². The van der Waals surface area contributed by atoms with E-state index in [0.29, 0.717) is 12.0 Å². The summed E-state index contributed by atoms with van der Waals surface area (Å²) in [6.45, 7) is 6.74. The minimum absolute atomic E-state index is 0.368. The van der Waals surface area contributed by atoms with Crippen LogP contribution >= 0.6 is 11.6 Å². The lowest BCUT2D eigenvalue weighted by molar-refractivity contribution is 0.147. The van der Waals surface area contributed by atoms with Gasteiger partial charge in [0, 0.05) is 24.2 Å². The second kappa shape index (κ2) is 7.62. The van der Waals surface area contributed by atoms with Gasteiger partial charge in [-0.3, -0.25) is 0 Å². The summed E-state index contributed by atoms with van der Waals surface area (Å²) in [4.78, 5) is 2.40. The highest BCUT2D eigenvalue weighted by atomic mass is 35.5. The van der Waals surface area contributed by atoms with Crippen LogP contribution in [0.15, 0.2) is 24.3 Å². The predicted octanol–water partition coefficient (Wildman–Crippen LogP) is 4.17. The molecule has 1 aromatic rings. The number of nitrogens with zero attached hydrogens (tertiary/aromatic N) is 1. The van der Waals surface area contributed by atoms with Gasteiger partial charge < -0.3 is 10.6 Å². The van der Waals surface area contributed by atoms with Gasteiger partial charge in [0.15, 0.2) is 0 Å².